The minimum Gasteiger partial charge on any atom is -0.352 e. The van der Waals surface area contributed by atoms with Crippen molar-refractivity contribution in [3.63, 3.8) is 0 Å². The zero-order valence-corrected chi connectivity index (χ0v) is 11.4. The van der Waals surface area contributed by atoms with E-state index in [1.807, 2.05) is 18.7 Å². The van der Waals surface area contributed by atoms with Gasteiger partial charge in [-0.3, -0.25) is 9.59 Å². The number of likely N-dealkylation sites (tertiary alicyclic amines) is 1. The van der Waals surface area contributed by atoms with Gasteiger partial charge in [0.25, 0.3) is 0 Å². The van der Waals surface area contributed by atoms with E-state index in [1.54, 1.807) is 0 Å². The molecule has 3 N–H and O–H groups in total. The number of amides is 2. The molecule has 1 aliphatic rings. The molecule has 1 rings (SSSR count). The van der Waals surface area contributed by atoms with Gasteiger partial charge in [-0.1, -0.05) is 6.92 Å². The minimum atomic E-state index is 0.0210. The Labute approximate surface area is 109 Å². The number of nitrogens with zero attached hydrogens (tertiary/aromatic N) is 1. The standard InChI is InChI=1S/C13H25N3O2/c1-10(8-14)5-6-12(17)15-11(2)9-16-7-3-4-13(16)18/h10-11H,3-9,14H2,1-2H3,(H,15,17). The zero-order valence-electron chi connectivity index (χ0n) is 11.4. The molecule has 0 aliphatic carbocycles. The van der Waals surface area contributed by atoms with E-state index in [4.69, 9.17) is 5.73 Å². The maximum absolute atomic E-state index is 11.7. The maximum Gasteiger partial charge on any atom is 0.222 e. The highest BCUT2D eigenvalue weighted by atomic mass is 16.2. The zero-order chi connectivity index (χ0) is 13.5. The molecule has 5 heteroatoms. The molecule has 0 aromatic heterocycles. The molecular formula is C13H25N3O2. The first kappa shape index (κ1) is 15.0. The van der Waals surface area contributed by atoms with Gasteiger partial charge in [0, 0.05) is 32.0 Å². The van der Waals surface area contributed by atoms with Crippen LogP contribution in [0.25, 0.3) is 0 Å². The van der Waals surface area contributed by atoms with Crippen molar-refractivity contribution < 1.29 is 9.59 Å². The number of rotatable bonds is 7. The molecular weight excluding hydrogens is 230 g/mol. The van der Waals surface area contributed by atoms with E-state index in [0.717, 1.165) is 19.4 Å². The molecule has 0 radical (unpaired) electrons. The number of hydrogen-bond donors (Lipinski definition) is 2. The van der Waals surface area contributed by atoms with Crippen molar-refractivity contribution >= 4 is 11.8 Å². The Morgan fingerprint density at radius 1 is 1.50 bits per heavy atom. The van der Waals surface area contributed by atoms with Crippen molar-refractivity contribution in [3.05, 3.63) is 0 Å². The SMILES string of the molecule is CC(CN)CCC(=O)NC(C)CN1CCCC1=O. The molecule has 18 heavy (non-hydrogen) atoms. The monoisotopic (exact) mass is 255 g/mol. The first-order valence-corrected chi connectivity index (χ1v) is 6.80. The predicted octanol–water partition coefficient (Wildman–Crippen LogP) is 0.489. The van der Waals surface area contributed by atoms with Gasteiger partial charge in [-0.15, -0.1) is 0 Å². The predicted molar refractivity (Wildman–Crippen MR) is 70.9 cm³/mol. The lowest BCUT2D eigenvalue weighted by atomic mass is 10.1. The van der Waals surface area contributed by atoms with Crippen molar-refractivity contribution in [1.29, 1.82) is 0 Å². The Balaban J connectivity index is 2.20. The quantitative estimate of drug-likeness (QED) is 0.695. The molecule has 0 spiro atoms. The smallest absolute Gasteiger partial charge is 0.222 e. The Kier molecular flexibility index (Phi) is 6.12. The second-order valence-corrected chi connectivity index (χ2v) is 5.29. The van der Waals surface area contributed by atoms with Gasteiger partial charge in [-0.2, -0.15) is 0 Å². The van der Waals surface area contributed by atoms with Gasteiger partial charge in [-0.05, 0) is 32.2 Å². The topological polar surface area (TPSA) is 75.4 Å². The molecule has 1 saturated heterocycles. The van der Waals surface area contributed by atoms with E-state index < -0.39 is 0 Å². The fraction of sp³-hybridized carbons (Fsp3) is 0.846. The molecule has 0 bridgehead atoms. The van der Waals surface area contributed by atoms with Crippen molar-refractivity contribution in [3.8, 4) is 0 Å². The van der Waals surface area contributed by atoms with E-state index in [1.165, 1.54) is 0 Å². The first-order chi connectivity index (χ1) is 8.52. The van der Waals surface area contributed by atoms with Crippen LogP contribution in [-0.2, 0) is 9.59 Å². The summed E-state index contributed by atoms with van der Waals surface area (Å²) >= 11 is 0. The number of nitrogens with two attached hydrogens (primary N) is 1. The molecule has 0 aromatic rings. The highest BCUT2D eigenvalue weighted by Crippen LogP contribution is 2.10. The third-order valence-corrected chi connectivity index (χ3v) is 3.34. The third-order valence-electron chi connectivity index (χ3n) is 3.34. The van der Waals surface area contributed by atoms with E-state index in [9.17, 15) is 9.59 Å². The number of nitrogens with one attached hydrogen (secondary N) is 1. The summed E-state index contributed by atoms with van der Waals surface area (Å²) in [5, 5.41) is 2.93. The average Bonchev–Trinajstić information content (AvgIpc) is 2.71. The van der Waals surface area contributed by atoms with Crippen molar-refractivity contribution in [2.24, 2.45) is 11.7 Å². The first-order valence-electron chi connectivity index (χ1n) is 6.80. The third kappa shape index (κ3) is 5.04. The Morgan fingerprint density at radius 3 is 2.78 bits per heavy atom. The molecule has 2 amide bonds. The van der Waals surface area contributed by atoms with Gasteiger partial charge >= 0.3 is 0 Å². The van der Waals surface area contributed by atoms with Crippen LogP contribution >= 0.6 is 0 Å². The summed E-state index contributed by atoms with van der Waals surface area (Å²) in [6.45, 7) is 6.04. The van der Waals surface area contributed by atoms with Crippen LogP contribution in [0, 0.1) is 5.92 Å². The highest BCUT2D eigenvalue weighted by molar-refractivity contribution is 5.78. The summed E-state index contributed by atoms with van der Waals surface area (Å²) in [5.41, 5.74) is 5.51. The van der Waals surface area contributed by atoms with Gasteiger partial charge in [0.15, 0.2) is 0 Å². The summed E-state index contributed by atoms with van der Waals surface area (Å²) in [6, 6.07) is 0.0210. The molecule has 2 unspecified atom stereocenters. The van der Waals surface area contributed by atoms with Crippen LogP contribution in [0.1, 0.15) is 39.5 Å². The lowest BCUT2D eigenvalue weighted by Gasteiger charge is -2.21. The molecule has 0 saturated carbocycles. The normalized spacial score (nSPS) is 18.8. The largest absolute Gasteiger partial charge is 0.352 e. The van der Waals surface area contributed by atoms with Crippen LogP contribution in [0.3, 0.4) is 0 Å². The lowest BCUT2D eigenvalue weighted by molar-refractivity contribution is -0.129. The number of hydrogen-bond acceptors (Lipinski definition) is 3. The van der Waals surface area contributed by atoms with E-state index in [-0.39, 0.29) is 17.9 Å². The van der Waals surface area contributed by atoms with Crippen molar-refractivity contribution in [2.45, 2.75) is 45.6 Å². The van der Waals surface area contributed by atoms with E-state index in [2.05, 4.69) is 5.32 Å². The number of carbonyl (C=O) groups is 2. The Hall–Kier alpha value is -1.10. The van der Waals surface area contributed by atoms with Crippen LogP contribution < -0.4 is 11.1 Å². The summed E-state index contributed by atoms with van der Waals surface area (Å²) in [6.07, 6.45) is 2.91. The minimum absolute atomic E-state index is 0.0210. The summed E-state index contributed by atoms with van der Waals surface area (Å²) < 4.78 is 0. The van der Waals surface area contributed by atoms with Crippen LogP contribution in [0.15, 0.2) is 0 Å². The average molecular weight is 255 g/mol. The highest BCUT2D eigenvalue weighted by Gasteiger charge is 2.22. The molecule has 1 heterocycles. The second kappa shape index (κ2) is 7.36. The van der Waals surface area contributed by atoms with Gasteiger partial charge < -0.3 is 16.0 Å². The Morgan fingerprint density at radius 2 is 2.22 bits per heavy atom. The van der Waals surface area contributed by atoms with Gasteiger partial charge in [0.2, 0.25) is 11.8 Å². The Bertz CT molecular complexity index is 294. The van der Waals surface area contributed by atoms with Crippen LogP contribution in [0.2, 0.25) is 0 Å². The van der Waals surface area contributed by atoms with Gasteiger partial charge in [0.05, 0.1) is 0 Å². The summed E-state index contributed by atoms with van der Waals surface area (Å²) in [7, 11) is 0. The molecule has 5 nitrogen and oxygen atoms in total. The molecule has 0 aromatic carbocycles. The van der Waals surface area contributed by atoms with Gasteiger partial charge in [-0.25, -0.2) is 0 Å². The maximum atomic E-state index is 11.7. The molecule has 1 aliphatic heterocycles. The fourth-order valence-corrected chi connectivity index (χ4v) is 2.12. The van der Waals surface area contributed by atoms with Crippen LogP contribution in [0.5, 0.6) is 0 Å². The summed E-state index contributed by atoms with van der Waals surface area (Å²) in [4.78, 5) is 24.9. The molecule has 1 fully saturated rings. The van der Waals surface area contributed by atoms with Gasteiger partial charge in [0.1, 0.15) is 0 Å². The lowest BCUT2D eigenvalue weighted by Crippen LogP contribution is -2.42. The number of carbonyl (C=O) groups excluding carboxylic acids is 2. The van der Waals surface area contributed by atoms with Crippen LogP contribution in [0.4, 0.5) is 0 Å². The fourth-order valence-electron chi connectivity index (χ4n) is 2.12. The van der Waals surface area contributed by atoms with E-state index >= 15 is 0 Å². The van der Waals surface area contributed by atoms with E-state index in [0.29, 0.717) is 31.8 Å². The summed E-state index contributed by atoms with van der Waals surface area (Å²) in [5.74, 6) is 0.633. The second-order valence-electron chi connectivity index (χ2n) is 5.29. The molecule has 104 valence electrons. The van der Waals surface area contributed by atoms with Crippen LogP contribution in [-0.4, -0.2) is 42.4 Å². The van der Waals surface area contributed by atoms with Crippen molar-refractivity contribution in [2.75, 3.05) is 19.6 Å². The molecule has 2 atom stereocenters. The van der Waals surface area contributed by atoms with Crippen molar-refractivity contribution in [1.82, 2.24) is 10.2 Å².